The Morgan fingerprint density at radius 2 is 2.21 bits per heavy atom. The first-order valence-electron chi connectivity index (χ1n) is 6.44. The molecular formula is C14H18F2N2O. The minimum Gasteiger partial charge on any atom is -0.339 e. The number of carbonyl (C=O) groups is 1. The molecule has 1 saturated heterocycles. The van der Waals surface area contributed by atoms with Crippen LogP contribution in [0.3, 0.4) is 0 Å². The van der Waals surface area contributed by atoms with E-state index in [2.05, 4.69) is 0 Å². The lowest BCUT2D eigenvalue weighted by atomic mass is 10.1. The summed E-state index contributed by atoms with van der Waals surface area (Å²) in [5.74, 6) is -1.12. The van der Waals surface area contributed by atoms with Crippen LogP contribution in [0.25, 0.3) is 0 Å². The van der Waals surface area contributed by atoms with Crippen LogP contribution < -0.4 is 5.73 Å². The number of carbonyl (C=O) groups excluding carboxylic acids is 1. The van der Waals surface area contributed by atoms with Gasteiger partial charge in [-0.25, -0.2) is 8.78 Å². The van der Waals surface area contributed by atoms with E-state index in [4.69, 9.17) is 5.73 Å². The Balaban J connectivity index is 2.05. The molecule has 0 spiro atoms. The van der Waals surface area contributed by atoms with Gasteiger partial charge in [0.25, 0.3) is 0 Å². The Labute approximate surface area is 111 Å². The van der Waals surface area contributed by atoms with Crippen LogP contribution in [0.4, 0.5) is 8.78 Å². The molecule has 1 amide bonds. The zero-order chi connectivity index (χ0) is 14.0. The maximum atomic E-state index is 13.5. The quantitative estimate of drug-likeness (QED) is 0.907. The second-order valence-corrected chi connectivity index (χ2v) is 5.15. The van der Waals surface area contributed by atoms with E-state index >= 15 is 0 Å². The van der Waals surface area contributed by atoms with Crippen molar-refractivity contribution in [1.82, 2.24) is 4.90 Å². The van der Waals surface area contributed by atoms with Crippen LogP contribution in [0.1, 0.15) is 18.9 Å². The molecule has 2 atom stereocenters. The molecule has 104 valence electrons. The Kier molecular flexibility index (Phi) is 4.14. The smallest absolute Gasteiger partial charge is 0.227 e. The number of likely N-dealkylation sites (tertiary alicyclic amines) is 1. The number of amides is 1. The molecular weight excluding hydrogens is 250 g/mol. The molecule has 5 heteroatoms. The third-order valence-electron chi connectivity index (χ3n) is 3.67. The number of halogens is 2. The Morgan fingerprint density at radius 3 is 2.79 bits per heavy atom. The van der Waals surface area contributed by atoms with E-state index in [1.165, 1.54) is 12.1 Å². The van der Waals surface area contributed by atoms with Gasteiger partial charge in [-0.15, -0.1) is 0 Å². The van der Waals surface area contributed by atoms with Gasteiger partial charge in [-0.2, -0.15) is 0 Å². The molecule has 2 N–H and O–H groups in total. The zero-order valence-corrected chi connectivity index (χ0v) is 10.9. The summed E-state index contributed by atoms with van der Waals surface area (Å²) < 4.78 is 26.3. The van der Waals surface area contributed by atoms with Crippen LogP contribution in [0, 0.1) is 17.6 Å². The number of nitrogens with two attached hydrogens (primary N) is 1. The number of nitrogens with zero attached hydrogens (tertiary/aromatic N) is 1. The fourth-order valence-corrected chi connectivity index (χ4v) is 2.59. The SMILES string of the molecule is CC1CC(CN)CN1C(=O)Cc1ccc(F)cc1F. The first kappa shape index (κ1) is 13.9. The van der Waals surface area contributed by atoms with Crippen LogP contribution in [0.5, 0.6) is 0 Å². The van der Waals surface area contributed by atoms with Crippen molar-refractivity contribution in [3.63, 3.8) is 0 Å². The zero-order valence-electron chi connectivity index (χ0n) is 10.9. The largest absolute Gasteiger partial charge is 0.339 e. The molecule has 0 aromatic heterocycles. The lowest BCUT2D eigenvalue weighted by molar-refractivity contribution is -0.131. The summed E-state index contributed by atoms with van der Waals surface area (Å²) in [7, 11) is 0. The minimum atomic E-state index is -0.671. The van der Waals surface area contributed by atoms with Gasteiger partial charge in [-0.1, -0.05) is 6.07 Å². The second kappa shape index (κ2) is 5.65. The average molecular weight is 268 g/mol. The normalized spacial score (nSPS) is 22.8. The molecule has 1 aromatic rings. The van der Waals surface area contributed by atoms with E-state index in [0.29, 0.717) is 19.0 Å². The van der Waals surface area contributed by atoms with Crippen molar-refractivity contribution in [3.8, 4) is 0 Å². The minimum absolute atomic E-state index is 0.0340. The fourth-order valence-electron chi connectivity index (χ4n) is 2.59. The lowest BCUT2D eigenvalue weighted by Crippen LogP contribution is -2.35. The third-order valence-corrected chi connectivity index (χ3v) is 3.67. The number of rotatable bonds is 3. The van der Waals surface area contributed by atoms with Gasteiger partial charge >= 0.3 is 0 Å². The number of hydrogen-bond acceptors (Lipinski definition) is 2. The van der Waals surface area contributed by atoms with Gasteiger partial charge in [0.15, 0.2) is 0 Å². The van der Waals surface area contributed by atoms with Crippen LogP contribution in [-0.2, 0) is 11.2 Å². The van der Waals surface area contributed by atoms with Crippen LogP contribution in [0.2, 0.25) is 0 Å². The molecule has 1 aliphatic rings. The van der Waals surface area contributed by atoms with Crippen molar-refractivity contribution < 1.29 is 13.6 Å². The molecule has 2 unspecified atom stereocenters. The molecule has 0 radical (unpaired) electrons. The number of benzene rings is 1. The van der Waals surface area contributed by atoms with Crippen molar-refractivity contribution in [2.75, 3.05) is 13.1 Å². The van der Waals surface area contributed by atoms with Gasteiger partial charge in [0.1, 0.15) is 11.6 Å². The molecule has 19 heavy (non-hydrogen) atoms. The highest BCUT2D eigenvalue weighted by molar-refractivity contribution is 5.79. The maximum Gasteiger partial charge on any atom is 0.227 e. The highest BCUT2D eigenvalue weighted by atomic mass is 19.1. The Hall–Kier alpha value is -1.49. The van der Waals surface area contributed by atoms with E-state index < -0.39 is 11.6 Å². The molecule has 1 fully saturated rings. The highest BCUT2D eigenvalue weighted by Crippen LogP contribution is 2.23. The molecule has 1 heterocycles. The molecule has 0 aliphatic carbocycles. The first-order chi connectivity index (χ1) is 9.01. The molecule has 0 bridgehead atoms. The maximum absolute atomic E-state index is 13.5. The van der Waals surface area contributed by atoms with Gasteiger partial charge < -0.3 is 10.6 Å². The van der Waals surface area contributed by atoms with Crippen LogP contribution in [0.15, 0.2) is 18.2 Å². The van der Waals surface area contributed by atoms with Crippen LogP contribution in [-0.4, -0.2) is 29.9 Å². The van der Waals surface area contributed by atoms with E-state index in [1.54, 1.807) is 4.90 Å². The fraction of sp³-hybridized carbons (Fsp3) is 0.500. The van der Waals surface area contributed by atoms with Crippen molar-refractivity contribution in [2.45, 2.75) is 25.8 Å². The number of hydrogen-bond donors (Lipinski definition) is 1. The summed E-state index contributed by atoms with van der Waals surface area (Å²) in [4.78, 5) is 13.9. The Morgan fingerprint density at radius 1 is 1.47 bits per heavy atom. The van der Waals surface area contributed by atoms with E-state index in [9.17, 15) is 13.6 Å². The molecule has 3 nitrogen and oxygen atoms in total. The van der Waals surface area contributed by atoms with Crippen molar-refractivity contribution in [1.29, 1.82) is 0 Å². The van der Waals surface area contributed by atoms with Crippen LogP contribution >= 0.6 is 0 Å². The van der Waals surface area contributed by atoms with E-state index in [0.717, 1.165) is 12.5 Å². The summed E-state index contributed by atoms with van der Waals surface area (Å²) in [6.45, 7) is 3.15. The van der Waals surface area contributed by atoms with E-state index in [-0.39, 0.29) is 23.9 Å². The lowest BCUT2D eigenvalue weighted by Gasteiger charge is -2.21. The highest BCUT2D eigenvalue weighted by Gasteiger charge is 2.31. The topological polar surface area (TPSA) is 46.3 Å². The third kappa shape index (κ3) is 3.10. The van der Waals surface area contributed by atoms with Gasteiger partial charge in [0.05, 0.1) is 6.42 Å². The van der Waals surface area contributed by atoms with Gasteiger partial charge in [-0.05, 0) is 37.4 Å². The average Bonchev–Trinajstić information content (AvgIpc) is 2.74. The monoisotopic (exact) mass is 268 g/mol. The van der Waals surface area contributed by atoms with Gasteiger partial charge in [0.2, 0.25) is 5.91 Å². The van der Waals surface area contributed by atoms with Gasteiger partial charge in [-0.3, -0.25) is 4.79 Å². The summed E-state index contributed by atoms with van der Waals surface area (Å²) >= 11 is 0. The summed E-state index contributed by atoms with van der Waals surface area (Å²) in [6, 6.07) is 3.43. The molecule has 2 rings (SSSR count). The predicted molar refractivity (Wildman–Crippen MR) is 68.4 cm³/mol. The van der Waals surface area contributed by atoms with Gasteiger partial charge in [0, 0.05) is 18.7 Å². The van der Waals surface area contributed by atoms with Crippen molar-refractivity contribution >= 4 is 5.91 Å². The summed E-state index contributed by atoms with van der Waals surface area (Å²) in [5, 5.41) is 0. The van der Waals surface area contributed by atoms with Crippen molar-refractivity contribution in [2.24, 2.45) is 11.7 Å². The summed E-state index contributed by atoms with van der Waals surface area (Å²) in [5.41, 5.74) is 5.84. The van der Waals surface area contributed by atoms with Crippen molar-refractivity contribution in [3.05, 3.63) is 35.4 Å². The van der Waals surface area contributed by atoms with E-state index in [1.807, 2.05) is 6.92 Å². The Bertz CT molecular complexity index is 479. The summed E-state index contributed by atoms with van der Waals surface area (Å²) in [6.07, 6.45) is 0.849. The standard InChI is InChI=1S/C14H18F2N2O/c1-9-4-10(7-17)8-18(9)14(19)5-11-2-3-12(15)6-13(11)16/h2-3,6,9-10H,4-5,7-8,17H2,1H3. The molecule has 1 aromatic carbocycles. The second-order valence-electron chi connectivity index (χ2n) is 5.15. The first-order valence-corrected chi connectivity index (χ1v) is 6.44. The molecule has 0 saturated carbocycles. The molecule has 1 aliphatic heterocycles. The predicted octanol–water partition coefficient (Wildman–Crippen LogP) is 1.70.